The zero-order valence-electron chi connectivity index (χ0n) is 38.6. The highest BCUT2D eigenvalue weighted by molar-refractivity contribution is 7.00. The SMILES string of the molecule is C=CC[C@@H]1[C@@](C)(C[C@H]2[C@@H](CO)[C@@H](O[Si](c3ccccc3)(c3ccccc3)C(C)(C)C)C[C@@]2(C)O)CC[C@@]12O[C@@H](CO[Si](c1ccccc1)(c1ccccc1)C(C)(C)C)C[C@@H]2C. The molecule has 0 amide bonds. The normalized spacial score (nSPS) is 30.9. The summed E-state index contributed by atoms with van der Waals surface area (Å²) >= 11 is 0. The molecule has 1 heterocycles. The van der Waals surface area contributed by atoms with Crippen LogP contribution in [0.4, 0.5) is 0 Å². The Kier molecular flexibility index (Phi) is 13.1. The summed E-state index contributed by atoms with van der Waals surface area (Å²) in [4.78, 5) is 0. The second-order valence-electron chi connectivity index (χ2n) is 21.6. The third-order valence-electron chi connectivity index (χ3n) is 15.7. The Labute approximate surface area is 370 Å². The van der Waals surface area contributed by atoms with Crippen molar-refractivity contribution in [2.24, 2.45) is 29.1 Å². The van der Waals surface area contributed by atoms with E-state index in [9.17, 15) is 10.2 Å². The second-order valence-corrected chi connectivity index (χ2v) is 30.1. The molecule has 328 valence electrons. The predicted octanol–water partition coefficient (Wildman–Crippen LogP) is 9.43. The molecule has 0 radical (unpaired) electrons. The van der Waals surface area contributed by atoms with E-state index >= 15 is 0 Å². The van der Waals surface area contributed by atoms with Crippen molar-refractivity contribution in [3.05, 3.63) is 134 Å². The monoisotopic (exact) mass is 859 g/mol. The Morgan fingerprint density at radius 3 is 1.62 bits per heavy atom. The molecule has 1 spiro atoms. The molecule has 0 unspecified atom stereocenters. The first-order chi connectivity index (χ1) is 28.9. The Balaban J connectivity index is 1.17. The van der Waals surface area contributed by atoms with Crippen LogP contribution in [0, 0.1) is 29.1 Å². The van der Waals surface area contributed by atoms with Gasteiger partial charge in [-0.15, -0.1) is 6.58 Å². The van der Waals surface area contributed by atoms with Gasteiger partial charge in [-0.3, -0.25) is 0 Å². The van der Waals surface area contributed by atoms with E-state index < -0.39 is 22.2 Å². The molecular formula is C54H74O5Si2. The van der Waals surface area contributed by atoms with Crippen LogP contribution in [-0.4, -0.2) is 63.5 Å². The number of ether oxygens (including phenoxy) is 1. The maximum Gasteiger partial charge on any atom is 0.261 e. The number of aliphatic hydroxyl groups is 2. The quantitative estimate of drug-likeness (QED) is 0.0978. The van der Waals surface area contributed by atoms with Gasteiger partial charge in [0.25, 0.3) is 16.6 Å². The molecule has 1 saturated heterocycles. The lowest BCUT2D eigenvalue weighted by molar-refractivity contribution is -0.111. The van der Waals surface area contributed by atoms with Crippen LogP contribution in [0.1, 0.15) is 101 Å². The molecule has 3 aliphatic rings. The molecule has 4 aromatic rings. The Hall–Kier alpha value is -3.15. The van der Waals surface area contributed by atoms with Gasteiger partial charge in [0.05, 0.1) is 30.0 Å². The number of rotatable bonds is 14. The van der Waals surface area contributed by atoms with Crippen LogP contribution in [0.3, 0.4) is 0 Å². The molecule has 7 rings (SSSR count). The van der Waals surface area contributed by atoms with Crippen LogP contribution in [0.15, 0.2) is 134 Å². The minimum atomic E-state index is -2.94. The summed E-state index contributed by atoms with van der Waals surface area (Å²) in [6, 6.07) is 43.3. The van der Waals surface area contributed by atoms with E-state index in [-0.39, 0.29) is 57.7 Å². The third kappa shape index (κ3) is 8.15. The van der Waals surface area contributed by atoms with Crippen molar-refractivity contribution in [2.75, 3.05) is 13.2 Å². The van der Waals surface area contributed by atoms with Gasteiger partial charge in [0.2, 0.25) is 0 Å². The molecular weight excluding hydrogens is 785 g/mol. The minimum absolute atomic E-state index is 0.0321. The molecule has 2 N–H and O–H groups in total. The van der Waals surface area contributed by atoms with Crippen molar-refractivity contribution in [1.82, 2.24) is 0 Å². The van der Waals surface area contributed by atoms with Crippen LogP contribution in [-0.2, 0) is 13.6 Å². The van der Waals surface area contributed by atoms with Gasteiger partial charge in [0.1, 0.15) is 0 Å². The smallest absolute Gasteiger partial charge is 0.261 e. The van der Waals surface area contributed by atoms with Crippen molar-refractivity contribution in [1.29, 1.82) is 0 Å². The molecule has 1 aliphatic heterocycles. The predicted molar refractivity (Wildman–Crippen MR) is 257 cm³/mol. The minimum Gasteiger partial charge on any atom is -0.405 e. The molecule has 5 nitrogen and oxygen atoms in total. The molecule has 0 bridgehead atoms. The third-order valence-corrected chi connectivity index (χ3v) is 25.8. The van der Waals surface area contributed by atoms with Crippen LogP contribution in [0.25, 0.3) is 0 Å². The molecule has 4 aromatic carbocycles. The Morgan fingerprint density at radius 1 is 0.738 bits per heavy atom. The first-order valence-corrected chi connectivity index (χ1v) is 26.9. The van der Waals surface area contributed by atoms with Crippen molar-refractivity contribution >= 4 is 37.4 Å². The number of hydrogen-bond donors (Lipinski definition) is 2. The number of aliphatic hydroxyl groups excluding tert-OH is 1. The van der Waals surface area contributed by atoms with Crippen molar-refractivity contribution in [3.8, 4) is 0 Å². The van der Waals surface area contributed by atoms with Gasteiger partial charge >= 0.3 is 0 Å². The van der Waals surface area contributed by atoms with Gasteiger partial charge in [-0.05, 0) is 93.0 Å². The van der Waals surface area contributed by atoms with Gasteiger partial charge in [0, 0.05) is 18.9 Å². The fraction of sp³-hybridized carbons (Fsp3) is 0.519. The van der Waals surface area contributed by atoms with Crippen LogP contribution < -0.4 is 20.7 Å². The van der Waals surface area contributed by atoms with Gasteiger partial charge in [-0.25, -0.2) is 0 Å². The molecule has 0 aromatic heterocycles. The fourth-order valence-corrected chi connectivity index (χ4v) is 22.1. The lowest BCUT2D eigenvalue weighted by Crippen LogP contribution is -2.68. The Morgan fingerprint density at radius 2 is 1.20 bits per heavy atom. The van der Waals surface area contributed by atoms with E-state index in [1.54, 1.807) is 0 Å². The number of hydrogen-bond acceptors (Lipinski definition) is 5. The summed E-state index contributed by atoms with van der Waals surface area (Å²) in [6.45, 7) is 25.5. The highest BCUT2D eigenvalue weighted by Gasteiger charge is 2.64. The molecule has 2 aliphatic carbocycles. The van der Waals surface area contributed by atoms with Gasteiger partial charge in [0.15, 0.2) is 0 Å². The second kappa shape index (κ2) is 17.4. The average Bonchev–Trinajstić information content (AvgIpc) is 3.79. The van der Waals surface area contributed by atoms with Crippen molar-refractivity contribution in [2.45, 2.75) is 134 Å². The van der Waals surface area contributed by atoms with E-state index in [1.165, 1.54) is 20.7 Å². The summed E-state index contributed by atoms with van der Waals surface area (Å²) in [5.41, 5.74) is -1.49. The number of allylic oxidation sites excluding steroid dienone is 1. The highest BCUT2D eigenvalue weighted by Crippen LogP contribution is 2.63. The van der Waals surface area contributed by atoms with E-state index in [1.807, 2.05) is 6.92 Å². The lowest BCUT2D eigenvalue weighted by Gasteiger charge is -2.46. The molecule has 7 heteroatoms. The fourth-order valence-electron chi connectivity index (χ4n) is 12.8. The maximum absolute atomic E-state index is 12.6. The summed E-state index contributed by atoms with van der Waals surface area (Å²) in [5, 5.41) is 28.6. The van der Waals surface area contributed by atoms with Gasteiger partial charge in [-0.1, -0.05) is 183 Å². The van der Waals surface area contributed by atoms with Gasteiger partial charge in [-0.2, -0.15) is 0 Å². The van der Waals surface area contributed by atoms with E-state index in [0.29, 0.717) is 18.9 Å². The van der Waals surface area contributed by atoms with Crippen molar-refractivity contribution in [3.63, 3.8) is 0 Å². The zero-order valence-corrected chi connectivity index (χ0v) is 40.6. The average molecular weight is 859 g/mol. The largest absolute Gasteiger partial charge is 0.405 e. The first-order valence-electron chi connectivity index (χ1n) is 23.0. The van der Waals surface area contributed by atoms with E-state index in [0.717, 1.165) is 32.1 Å². The van der Waals surface area contributed by atoms with E-state index in [2.05, 4.69) is 189 Å². The van der Waals surface area contributed by atoms with Crippen LogP contribution >= 0.6 is 0 Å². The molecule has 2 saturated carbocycles. The molecule has 9 atom stereocenters. The van der Waals surface area contributed by atoms with Crippen LogP contribution in [0.5, 0.6) is 0 Å². The van der Waals surface area contributed by atoms with Crippen LogP contribution in [0.2, 0.25) is 10.1 Å². The maximum atomic E-state index is 12.6. The topological polar surface area (TPSA) is 68.2 Å². The standard InChI is InChI=1S/C54H74O5Si2/c1-11-24-49-52(9,33-34-54(49)40(2)35-41(58-54)39-57-60(50(3,4)5,42-25-16-12-17-26-42)43-27-18-13-19-28-43)36-47-46(38-55)48(37-53(47,10)56)59-61(51(6,7)8,44-29-20-14-21-30-44)45-31-22-15-23-32-45/h11-23,25-32,40-41,46-49,55-56H,1,24,33-39H2,2-10H3/t40-,41+,46+,47-,48-,49+,52+,53+,54-/m0/s1. The lowest BCUT2D eigenvalue weighted by atomic mass is 9.64. The first kappa shape index (κ1) is 45.9. The summed E-state index contributed by atoms with van der Waals surface area (Å²) < 4.78 is 22.7. The summed E-state index contributed by atoms with van der Waals surface area (Å²) in [5.74, 6) is 0.163. The molecule has 3 fully saturated rings. The number of benzene rings is 4. The molecule has 61 heavy (non-hydrogen) atoms. The van der Waals surface area contributed by atoms with E-state index in [4.69, 9.17) is 13.6 Å². The zero-order chi connectivity index (χ0) is 43.9. The summed E-state index contributed by atoms with van der Waals surface area (Å²) in [7, 11) is -5.68. The Bertz CT molecular complexity index is 1970. The summed E-state index contributed by atoms with van der Waals surface area (Å²) in [6.07, 6.45) is 6.74. The van der Waals surface area contributed by atoms with Crippen molar-refractivity contribution < 1.29 is 23.8 Å². The highest BCUT2D eigenvalue weighted by atomic mass is 28.4. The van der Waals surface area contributed by atoms with Gasteiger partial charge < -0.3 is 23.8 Å².